The number of alkyl halides is 1. The van der Waals surface area contributed by atoms with E-state index in [1.165, 1.54) is 6.92 Å². The molecule has 17 heavy (non-hydrogen) atoms. The number of nitrogens with zero attached hydrogens (tertiary/aromatic N) is 1. The van der Waals surface area contributed by atoms with Crippen LogP contribution >= 0.6 is 11.6 Å². The molecule has 0 radical (unpaired) electrons. The van der Waals surface area contributed by atoms with Gasteiger partial charge < -0.3 is 14.4 Å². The fourth-order valence-corrected chi connectivity index (χ4v) is 1.01. The lowest BCUT2D eigenvalue weighted by atomic mass is 10.4. The van der Waals surface area contributed by atoms with Crippen molar-refractivity contribution < 1.29 is 19.1 Å². The molecule has 0 fully saturated rings. The number of carbonyl (C=O) groups is 2. The minimum absolute atomic E-state index is 0.177. The van der Waals surface area contributed by atoms with Gasteiger partial charge in [0, 0.05) is 12.1 Å². The fraction of sp³-hybridized carbons (Fsp3) is 0.636. The summed E-state index contributed by atoms with van der Waals surface area (Å²) in [5, 5.41) is 0. The lowest BCUT2D eigenvalue weighted by molar-refractivity contribution is -0.159. The van der Waals surface area contributed by atoms with Crippen LogP contribution in [0.2, 0.25) is 0 Å². The van der Waals surface area contributed by atoms with E-state index in [0.29, 0.717) is 6.42 Å². The highest BCUT2D eigenvalue weighted by molar-refractivity contribution is 6.29. The second-order valence-electron chi connectivity index (χ2n) is 3.83. The predicted octanol–water partition coefficient (Wildman–Crippen LogP) is 1.17. The summed E-state index contributed by atoms with van der Waals surface area (Å²) in [6.45, 7) is 5.88. The number of halogens is 1. The van der Waals surface area contributed by atoms with E-state index in [4.69, 9.17) is 16.3 Å². The van der Waals surface area contributed by atoms with E-state index in [9.17, 15) is 9.59 Å². The van der Waals surface area contributed by atoms with E-state index in [1.54, 1.807) is 0 Å². The van der Waals surface area contributed by atoms with E-state index in [1.807, 2.05) is 19.0 Å². The monoisotopic (exact) mass is 263 g/mol. The van der Waals surface area contributed by atoms with Gasteiger partial charge in [-0.2, -0.15) is 0 Å². The minimum atomic E-state index is -1.42. The molecule has 0 bridgehead atoms. The van der Waals surface area contributed by atoms with Crippen molar-refractivity contribution in [1.82, 2.24) is 4.90 Å². The first-order valence-electron chi connectivity index (χ1n) is 5.16. The average molecular weight is 264 g/mol. The van der Waals surface area contributed by atoms with Crippen molar-refractivity contribution >= 4 is 23.5 Å². The van der Waals surface area contributed by atoms with E-state index in [-0.39, 0.29) is 12.2 Å². The van der Waals surface area contributed by atoms with Crippen LogP contribution in [0.1, 0.15) is 13.3 Å². The number of carbonyl (C=O) groups excluding carboxylic acids is 2. The molecular weight excluding hydrogens is 246 g/mol. The number of esters is 2. The number of hydrogen-bond acceptors (Lipinski definition) is 5. The summed E-state index contributed by atoms with van der Waals surface area (Å²) in [4.78, 5) is 24.3. The van der Waals surface area contributed by atoms with Crippen molar-refractivity contribution in [3.05, 3.63) is 12.2 Å². The predicted molar refractivity (Wildman–Crippen MR) is 64.7 cm³/mol. The van der Waals surface area contributed by atoms with E-state index in [0.717, 1.165) is 6.54 Å². The van der Waals surface area contributed by atoms with Crippen LogP contribution in [0.4, 0.5) is 0 Å². The first-order valence-corrected chi connectivity index (χ1v) is 5.60. The molecule has 0 aromatic heterocycles. The first-order chi connectivity index (χ1) is 7.84. The molecule has 0 spiro atoms. The van der Waals surface area contributed by atoms with Gasteiger partial charge >= 0.3 is 11.9 Å². The molecule has 0 aromatic carbocycles. The van der Waals surface area contributed by atoms with Crippen LogP contribution in [0.25, 0.3) is 0 Å². The molecule has 0 saturated heterocycles. The molecule has 0 aliphatic rings. The zero-order valence-electron chi connectivity index (χ0n) is 10.4. The summed E-state index contributed by atoms with van der Waals surface area (Å²) >= 11 is 5.54. The Kier molecular flexibility index (Phi) is 7.58. The highest BCUT2D eigenvalue weighted by Crippen LogP contribution is 2.05. The summed E-state index contributed by atoms with van der Waals surface area (Å²) in [7, 11) is 3.83. The highest BCUT2D eigenvalue weighted by Gasteiger charge is 2.21. The van der Waals surface area contributed by atoms with Crippen LogP contribution in [0.3, 0.4) is 0 Å². The van der Waals surface area contributed by atoms with Gasteiger partial charge in [0.05, 0.1) is 6.61 Å². The van der Waals surface area contributed by atoms with Crippen molar-refractivity contribution in [2.24, 2.45) is 0 Å². The number of rotatable bonds is 7. The Morgan fingerprint density at radius 2 is 2.00 bits per heavy atom. The van der Waals surface area contributed by atoms with Gasteiger partial charge in [0.25, 0.3) is 5.56 Å². The number of ether oxygens (including phenoxy) is 2. The standard InChI is InChI=1S/C11H18ClNO4/c1-8(2)10(14)17-9(12)11(15)16-7-5-6-13(3)4/h9H,1,5-7H2,2-4H3. The second kappa shape index (κ2) is 8.08. The molecular formula is C11H18ClNO4. The molecule has 0 saturated carbocycles. The molecule has 5 nitrogen and oxygen atoms in total. The average Bonchev–Trinajstić information content (AvgIpc) is 2.23. The van der Waals surface area contributed by atoms with Gasteiger partial charge in [-0.25, -0.2) is 9.59 Å². The fourth-order valence-electron chi connectivity index (χ4n) is 0.862. The largest absolute Gasteiger partial charge is 0.462 e. The molecule has 98 valence electrons. The second-order valence-corrected chi connectivity index (χ2v) is 4.22. The Balaban J connectivity index is 3.82. The van der Waals surface area contributed by atoms with Crippen molar-refractivity contribution in [1.29, 1.82) is 0 Å². The molecule has 0 heterocycles. The highest BCUT2D eigenvalue weighted by atomic mass is 35.5. The molecule has 0 amide bonds. The Hall–Kier alpha value is -1.07. The third-order valence-electron chi connectivity index (χ3n) is 1.74. The lowest BCUT2D eigenvalue weighted by Crippen LogP contribution is -2.25. The maximum absolute atomic E-state index is 11.3. The Morgan fingerprint density at radius 1 is 1.41 bits per heavy atom. The van der Waals surface area contributed by atoms with Gasteiger partial charge in [0.1, 0.15) is 0 Å². The van der Waals surface area contributed by atoms with Crippen LogP contribution in [0.15, 0.2) is 12.2 Å². The summed E-state index contributed by atoms with van der Waals surface area (Å²) in [5.41, 5.74) is -1.24. The summed E-state index contributed by atoms with van der Waals surface area (Å²) in [6, 6.07) is 0. The van der Waals surface area contributed by atoms with Crippen LogP contribution in [-0.4, -0.2) is 49.6 Å². The summed E-state index contributed by atoms with van der Waals surface area (Å²) in [5.74, 6) is -1.48. The molecule has 0 rings (SSSR count). The van der Waals surface area contributed by atoms with E-state index < -0.39 is 17.5 Å². The molecule has 0 aromatic rings. The van der Waals surface area contributed by atoms with Crippen molar-refractivity contribution in [3.8, 4) is 0 Å². The van der Waals surface area contributed by atoms with E-state index >= 15 is 0 Å². The van der Waals surface area contributed by atoms with Gasteiger partial charge in [-0.15, -0.1) is 0 Å². The third kappa shape index (κ3) is 7.76. The SMILES string of the molecule is C=C(C)C(=O)OC(Cl)C(=O)OCCCN(C)C. The van der Waals surface area contributed by atoms with Gasteiger partial charge in [0.2, 0.25) is 0 Å². The van der Waals surface area contributed by atoms with Crippen LogP contribution in [-0.2, 0) is 19.1 Å². The quantitative estimate of drug-likeness (QED) is 0.299. The minimum Gasteiger partial charge on any atom is -0.462 e. The molecule has 1 atom stereocenters. The van der Waals surface area contributed by atoms with Crippen molar-refractivity contribution in [3.63, 3.8) is 0 Å². The first kappa shape index (κ1) is 15.9. The Bertz CT molecular complexity index is 291. The Morgan fingerprint density at radius 3 is 2.47 bits per heavy atom. The van der Waals surface area contributed by atoms with Crippen molar-refractivity contribution in [2.45, 2.75) is 18.9 Å². The molecule has 0 aliphatic carbocycles. The van der Waals surface area contributed by atoms with Crippen LogP contribution < -0.4 is 0 Å². The smallest absolute Gasteiger partial charge is 0.363 e. The van der Waals surface area contributed by atoms with Gasteiger partial charge in [-0.05, 0) is 27.4 Å². The molecule has 6 heteroatoms. The molecule has 0 aliphatic heterocycles. The topological polar surface area (TPSA) is 55.8 Å². The zero-order chi connectivity index (χ0) is 13.4. The summed E-state index contributed by atoms with van der Waals surface area (Å²) in [6.07, 6.45) is 0.691. The molecule has 0 N–H and O–H groups in total. The zero-order valence-corrected chi connectivity index (χ0v) is 11.1. The maximum Gasteiger partial charge on any atom is 0.363 e. The van der Waals surface area contributed by atoms with Gasteiger partial charge in [0.15, 0.2) is 0 Å². The third-order valence-corrected chi connectivity index (χ3v) is 2.01. The molecule has 1 unspecified atom stereocenters. The summed E-state index contributed by atoms with van der Waals surface area (Å²) < 4.78 is 9.42. The normalized spacial score (nSPS) is 12.1. The van der Waals surface area contributed by atoms with E-state index in [2.05, 4.69) is 11.3 Å². The van der Waals surface area contributed by atoms with Crippen LogP contribution in [0, 0.1) is 0 Å². The lowest BCUT2D eigenvalue weighted by Gasteiger charge is -2.12. The Labute approximate surface area is 106 Å². The number of hydrogen-bond donors (Lipinski definition) is 0. The maximum atomic E-state index is 11.3. The van der Waals surface area contributed by atoms with Crippen molar-refractivity contribution in [2.75, 3.05) is 27.2 Å². The van der Waals surface area contributed by atoms with Crippen LogP contribution in [0.5, 0.6) is 0 Å². The van der Waals surface area contributed by atoms with Gasteiger partial charge in [-0.3, -0.25) is 0 Å². The van der Waals surface area contributed by atoms with Gasteiger partial charge in [-0.1, -0.05) is 18.2 Å².